The zero-order chi connectivity index (χ0) is 24.6. The second-order valence-corrected chi connectivity index (χ2v) is 8.06. The van der Waals surface area contributed by atoms with Crippen LogP contribution < -0.4 is 20.1 Å². The first-order valence-corrected chi connectivity index (χ1v) is 11.5. The molecule has 35 heavy (non-hydrogen) atoms. The van der Waals surface area contributed by atoms with Crippen molar-refractivity contribution < 1.29 is 19.1 Å². The first kappa shape index (κ1) is 23.8. The molecule has 4 rings (SSSR count). The highest BCUT2D eigenvalue weighted by Gasteiger charge is 2.17. The Hall–Kier alpha value is -4.38. The van der Waals surface area contributed by atoms with E-state index in [1.165, 1.54) is 26.0 Å². The number of tetrazole rings is 1. The van der Waals surface area contributed by atoms with Crippen molar-refractivity contribution in [2.24, 2.45) is 0 Å². The quantitative estimate of drug-likeness (QED) is 0.341. The maximum Gasteiger partial charge on any atom is 0.255 e. The molecule has 0 unspecified atom stereocenters. The van der Waals surface area contributed by atoms with E-state index in [0.717, 1.165) is 5.69 Å². The van der Waals surface area contributed by atoms with Gasteiger partial charge in [0, 0.05) is 17.7 Å². The van der Waals surface area contributed by atoms with Crippen molar-refractivity contribution in [1.82, 2.24) is 20.2 Å². The fourth-order valence-electron chi connectivity index (χ4n) is 3.19. The molecule has 2 N–H and O–H groups in total. The van der Waals surface area contributed by atoms with Gasteiger partial charge in [0.1, 0.15) is 11.5 Å². The summed E-state index contributed by atoms with van der Waals surface area (Å²) < 4.78 is 12.4. The molecular formula is C24H22N6O4S. The van der Waals surface area contributed by atoms with Crippen LogP contribution in [0.4, 0.5) is 11.4 Å². The number of nitrogens with one attached hydrogen (secondary N) is 2. The molecule has 0 radical (unpaired) electrons. The third kappa shape index (κ3) is 5.76. The van der Waals surface area contributed by atoms with Crippen molar-refractivity contribution in [2.45, 2.75) is 5.16 Å². The van der Waals surface area contributed by atoms with E-state index >= 15 is 0 Å². The zero-order valence-electron chi connectivity index (χ0n) is 19.0. The lowest BCUT2D eigenvalue weighted by Gasteiger charge is -2.16. The van der Waals surface area contributed by atoms with Crippen LogP contribution in [0.5, 0.6) is 11.5 Å². The summed E-state index contributed by atoms with van der Waals surface area (Å²) in [4.78, 5) is 25.3. The lowest BCUT2D eigenvalue weighted by Crippen LogP contribution is -2.16. The second kappa shape index (κ2) is 11.2. The Balaban J connectivity index is 1.46. The van der Waals surface area contributed by atoms with Crippen LogP contribution in [-0.2, 0) is 4.79 Å². The third-order valence-corrected chi connectivity index (χ3v) is 5.77. The molecule has 1 aromatic heterocycles. The average Bonchev–Trinajstić information content (AvgIpc) is 3.37. The first-order valence-electron chi connectivity index (χ1n) is 10.5. The van der Waals surface area contributed by atoms with Gasteiger partial charge in [0.25, 0.3) is 5.91 Å². The highest BCUT2D eigenvalue weighted by Crippen LogP contribution is 2.37. The minimum absolute atomic E-state index is 0.0607. The van der Waals surface area contributed by atoms with E-state index in [-0.39, 0.29) is 17.6 Å². The number of methoxy groups -OCH3 is 2. The van der Waals surface area contributed by atoms with Gasteiger partial charge in [0.05, 0.1) is 37.0 Å². The van der Waals surface area contributed by atoms with Crippen molar-refractivity contribution in [3.05, 3.63) is 78.4 Å². The maximum absolute atomic E-state index is 12.7. The van der Waals surface area contributed by atoms with E-state index < -0.39 is 0 Å². The topological polar surface area (TPSA) is 120 Å². The van der Waals surface area contributed by atoms with Crippen molar-refractivity contribution in [3.8, 4) is 17.2 Å². The molecular weight excluding hydrogens is 468 g/mol. The summed E-state index contributed by atoms with van der Waals surface area (Å²) in [5, 5.41) is 17.8. The lowest BCUT2D eigenvalue weighted by atomic mass is 10.2. The second-order valence-electron chi connectivity index (χ2n) is 7.12. The Morgan fingerprint density at radius 2 is 1.49 bits per heavy atom. The van der Waals surface area contributed by atoms with E-state index in [4.69, 9.17) is 9.47 Å². The SMILES string of the molecule is COc1cc(NC(=O)c2ccccc2)c(OC)cc1NC(=O)CSc1nnnn1-c1ccccc1. The van der Waals surface area contributed by atoms with E-state index in [1.807, 2.05) is 36.4 Å². The number of carbonyl (C=O) groups is 2. The van der Waals surface area contributed by atoms with E-state index in [0.29, 0.717) is 33.6 Å². The molecule has 10 nitrogen and oxygen atoms in total. The number of hydrogen-bond donors (Lipinski definition) is 2. The molecule has 3 aromatic carbocycles. The van der Waals surface area contributed by atoms with E-state index in [9.17, 15) is 9.59 Å². The number of anilines is 2. The van der Waals surface area contributed by atoms with Gasteiger partial charge in [-0.2, -0.15) is 4.68 Å². The molecule has 2 amide bonds. The number of amides is 2. The van der Waals surface area contributed by atoms with Crippen molar-refractivity contribution in [3.63, 3.8) is 0 Å². The minimum atomic E-state index is -0.296. The Morgan fingerprint density at radius 1 is 0.886 bits per heavy atom. The van der Waals surface area contributed by atoms with E-state index in [1.54, 1.807) is 41.1 Å². The fraction of sp³-hybridized carbons (Fsp3) is 0.125. The fourth-order valence-corrected chi connectivity index (χ4v) is 3.88. The summed E-state index contributed by atoms with van der Waals surface area (Å²) in [7, 11) is 2.95. The summed E-state index contributed by atoms with van der Waals surface area (Å²) >= 11 is 1.19. The minimum Gasteiger partial charge on any atom is -0.494 e. The van der Waals surface area contributed by atoms with Gasteiger partial charge < -0.3 is 20.1 Å². The number of benzene rings is 3. The molecule has 1 heterocycles. The van der Waals surface area contributed by atoms with Crippen LogP contribution in [0.1, 0.15) is 10.4 Å². The maximum atomic E-state index is 12.7. The molecule has 0 saturated carbocycles. The monoisotopic (exact) mass is 490 g/mol. The molecule has 178 valence electrons. The summed E-state index contributed by atoms with van der Waals surface area (Å²) in [5.41, 5.74) is 2.10. The standard InChI is InChI=1S/C24H22N6O4S/c1-33-20-14-19(26-23(32)16-9-5-3-6-10-16)21(34-2)13-18(20)25-22(31)15-35-24-27-28-29-30(24)17-11-7-4-8-12-17/h3-14H,15H2,1-2H3,(H,25,31)(H,26,32). The molecule has 0 spiro atoms. The van der Waals surface area contributed by atoms with Crippen LogP contribution >= 0.6 is 11.8 Å². The number of para-hydroxylation sites is 1. The van der Waals surface area contributed by atoms with Crippen LogP contribution in [0.2, 0.25) is 0 Å². The summed E-state index contributed by atoms with van der Waals surface area (Å²) in [6, 6.07) is 21.4. The highest BCUT2D eigenvalue weighted by molar-refractivity contribution is 7.99. The van der Waals surface area contributed by atoms with Crippen LogP contribution in [0.25, 0.3) is 5.69 Å². The Labute approximate surface area is 205 Å². The first-order chi connectivity index (χ1) is 17.1. The number of nitrogens with zero attached hydrogens (tertiary/aromatic N) is 4. The zero-order valence-corrected chi connectivity index (χ0v) is 19.8. The molecule has 0 fully saturated rings. The molecule has 0 aliphatic rings. The van der Waals surface area contributed by atoms with Crippen molar-refractivity contribution >= 4 is 35.0 Å². The van der Waals surface area contributed by atoms with Crippen molar-refractivity contribution in [2.75, 3.05) is 30.6 Å². The average molecular weight is 491 g/mol. The number of aromatic nitrogens is 4. The van der Waals surface area contributed by atoms with Gasteiger partial charge in [-0.25, -0.2) is 0 Å². The number of rotatable bonds is 9. The van der Waals surface area contributed by atoms with E-state index in [2.05, 4.69) is 26.2 Å². The molecule has 0 bridgehead atoms. The normalized spacial score (nSPS) is 10.5. The Kier molecular flexibility index (Phi) is 7.58. The largest absolute Gasteiger partial charge is 0.494 e. The summed E-state index contributed by atoms with van der Waals surface area (Å²) in [5.74, 6) is 0.201. The molecule has 11 heteroatoms. The third-order valence-electron chi connectivity index (χ3n) is 4.85. The Morgan fingerprint density at radius 3 is 2.11 bits per heavy atom. The Bertz CT molecular complexity index is 1310. The van der Waals surface area contributed by atoms with Gasteiger partial charge in [0.2, 0.25) is 11.1 Å². The number of thioether (sulfide) groups is 1. The molecule has 4 aromatic rings. The highest BCUT2D eigenvalue weighted by atomic mass is 32.2. The lowest BCUT2D eigenvalue weighted by molar-refractivity contribution is -0.113. The van der Waals surface area contributed by atoms with Crippen LogP contribution in [-0.4, -0.2) is 52.0 Å². The predicted molar refractivity (Wildman–Crippen MR) is 132 cm³/mol. The summed E-state index contributed by atoms with van der Waals surface area (Å²) in [6.07, 6.45) is 0. The number of hydrogen-bond acceptors (Lipinski definition) is 8. The van der Waals surface area contributed by atoms with Crippen LogP contribution in [0.15, 0.2) is 78.0 Å². The van der Waals surface area contributed by atoms with Gasteiger partial charge in [-0.05, 0) is 34.7 Å². The predicted octanol–water partition coefficient (Wildman–Crippen LogP) is 3.66. The van der Waals surface area contributed by atoms with Gasteiger partial charge >= 0.3 is 0 Å². The smallest absolute Gasteiger partial charge is 0.255 e. The molecule has 0 atom stereocenters. The van der Waals surface area contributed by atoms with Gasteiger partial charge in [-0.1, -0.05) is 48.2 Å². The number of ether oxygens (including phenoxy) is 2. The van der Waals surface area contributed by atoms with Gasteiger partial charge in [-0.3, -0.25) is 9.59 Å². The molecule has 0 aliphatic heterocycles. The van der Waals surface area contributed by atoms with Crippen LogP contribution in [0.3, 0.4) is 0 Å². The molecule has 0 saturated heterocycles. The summed E-state index contributed by atoms with van der Waals surface area (Å²) in [6.45, 7) is 0. The van der Waals surface area contributed by atoms with Gasteiger partial charge in [-0.15, -0.1) is 5.10 Å². The molecule has 0 aliphatic carbocycles. The number of carbonyl (C=O) groups excluding carboxylic acids is 2. The van der Waals surface area contributed by atoms with Gasteiger partial charge in [0.15, 0.2) is 0 Å². The van der Waals surface area contributed by atoms with Crippen molar-refractivity contribution in [1.29, 1.82) is 0 Å². The van der Waals surface area contributed by atoms with Crippen LogP contribution in [0, 0.1) is 0 Å².